The highest BCUT2D eigenvalue weighted by atomic mass is 35.5. The Balaban J connectivity index is 2.13. The van der Waals surface area contributed by atoms with E-state index in [2.05, 4.69) is 15.1 Å². The van der Waals surface area contributed by atoms with E-state index in [0.717, 1.165) is 23.2 Å². The molecule has 0 atom stereocenters. The van der Waals surface area contributed by atoms with Crippen molar-refractivity contribution in [1.29, 1.82) is 0 Å². The Kier molecular flexibility index (Phi) is 2.72. The van der Waals surface area contributed by atoms with Crippen molar-refractivity contribution in [3.63, 3.8) is 0 Å². The van der Waals surface area contributed by atoms with Gasteiger partial charge in [-0.1, -0.05) is 11.6 Å². The minimum Gasteiger partial charge on any atom is -0.272 e. The lowest BCUT2D eigenvalue weighted by atomic mass is 10.2. The van der Waals surface area contributed by atoms with Crippen LogP contribution in [0.25, 0.3) is 22.3 Å². The standard InChI is InChI=1S/C13H11ClN4/c1-2-18-8-9(7-16-18)12-4-3-10-11(14)5-6-15-13(10)17-12/h3-8H,2H2,1H3. The second-order valence-corrected chi connectivity index (χ2v) is 4.35. The van der Waals surface area contributed by atoms with Gasteiger partial charge < -0.3 is 0 Å². The minimum absolute atomic E-state index is 0.657. The Morgan fingerprint density at radius 1 is 1.28 bits per heavy atom. The second kappa shape index (κ2) is 4.38. The highest BCUT2D eigenvalue weighted by Crippen LogP contribution is 2.23. The number of aromatic nitrogens is 4. The third-order valence-corrected chi connectivity index (χ3v) is 3.13. The van der Waals surface area contributed by atoms with E-state index in [0.29, 0.717) is 10.7 Å². The first kappa shape index (κ1) is 11.2. The summed E-state index contributed by atoms with van der Waals surface area (Å²) in [6.45, 7) is 2.89. The van der Waals surface area contributed by atoms with Crippen LogP contribution >= 0.6 is 11.6 Å². The van der Waals surface area contributed by atoms with E-state index in [4.69, 9.17) is 11.6 Å². The zero-order valence-electron chi connectivity index (χ0n) is 9.84. The van der Waals surface area contributed by atoms with Gasteiger partial charge in [0.1, 0.15) is 0 Å². The summed E-state index contributed by atoms with van der Waals surface area (Å²) in [6.07, 6.45) is 5.44. The monoisotopic (exact) mass is 258 g/mol. The summed E-state index contributed by atoms with van der Waals surface area (Å²) in [5, 5.41) is 5.78. The number of nitrogens with zero attached hydrogens (tertiary/aromatic N) is 4. The van der Waals surface area contributed by atoms with Gasteiger partial charge in [-0.15, -0.1) is 0 Å². The lowest BCUT2D eigenvalue weighted by Gasteiger charge is -2.01. The Morgan fingerprint density at radius 3 is 2.94 bits per heavy atom. The number of rotatable bonds is 2. The minimum atomic E-state index is 0.657. The summed E-state index contributed by atoms with van der Waals surface area (Å²) in [5.74, 6) is 0. The molecule has 0 amide bonds. The largest absolute Gasteiger partial charge is 0.272 e. The smallest absolute Gasteiger partial charge is 0.161 e. The van der Waals surface area contributed by atoms with E-state index in [1.165, 1.54) is 0 Å². The molecule has 0 radical (unpaired) electrons. The molecule has 18 heavy (non-hydrogen) atoms. The lowest BCUT2D eigenvalue weighted by molar-refractivity contribution is 0.660. The molecule has 0 N–H and O–H groups in total. The molecule has 0 fully saturated rings. The van der Waals surface area contributed by atoms with Crippen LogP contribution in [0.15, 0.2) is 36.8 Å². The summed E-state index contributed by atoms with van der Waals surface area (Å²) >= 11 is 6.09. The van der Waals surface area contributed by atoms with E-state index in [1.807, 2.05) is 36.1 Å². The Morgan fingerprint density at radius 2 is 2.17 bits per heavy atom. The van der Waals surface area contributed by atoms with Crippen molar-refractivity contribution >= 4 is 22.6 Å². The lowest BCUT2D eigenvalue weighted by Crippen LogP contribution is -1.92. The van der Waals surface area contributed by atoms with Gasteiger partial charge in [0.15, 0.2) is 5.65 Å². The molecule has 0 saturated heterocycles. The van der Waals surface area contributed by atoms with E-state index in [9.17, 15) is 0 Å². The third kappa shape index (κ3) is 1.84. The SMILES string of the molecule is CCn1cc(-c2ccc3c(Cl)ccnc3n2)cn1. The molecule has 0 saturated carbocycles. The van der Waals surface area contributed by atoms with Crippen LogP contribution in [-0.2, 0) is 6.54 Å². The average Bonchev–Trinajstić information content (AvgIpc) is 2.87. The molecular weight excluding hydrogens is 248 g/mol. The van der Waals surface area contributed by atoms with Crippen molar-refractivity contribution in [1.82, 2.24) is 19.7 Å². The molecule has 3 heterocycles. The number of fused-ring (bicyclic) bond motifs is 1. The van der Waals surface area contributed by atoms with Crippen LogP contribution in [0.1, 0.15) is 6.92 Å². The summed E-state index contributed by atoms with van der Waals surface area (Å²) in [6, 6.07) is 5.64. The Labute approximate surface area is 109 Å². The van der Waals surface area contributed by atoms with Gasteiger partial charge in [0.25, 0.3) is 0 Å². The molecule has 90 valence electrons. The van der Waals surface area contributed by atoms with Gasteiger partial charge in [-0.25, -0.2) is 9.97 Å². The van der Waals surface area contributed by atoms with E-state index in [1.54, 1.807) is 12.3 Å². The molecular formula is C13H11ClN4. The zero-order chi connectivity index (χ0) is 12.5. The van der Waals surface area contributed by atoms with Gasteiger partial charge in [-0.05, 0) is 25.1 Å². The summed E-state index contributed by atoms with van der Waals surface area (Å²) in [4.78, 5) is 8.74. The maximum Gasteiger partial charge on any atom is 0.161 e. The van der Waals surface area contributed by atoms with E-state index < -0.39 is 0 Å². The quantitative estimate of drug-likeness (QED) is 0.709. The molecule has 0 aromatic carbocycles. The first-order valence-electron chi connectivity index (χ1n) is 5.72. The summed E-state index contributed by atoms with van der Waals surface area (Å²) in [5.41, 5.74) is 2.50. The molecule has 0 spiro atoms. The Hall–Kier alpha value is -1.94. The maximum absolute atomic E-state index is 6.09. The summed E-state index contributed by atoms with van der Waals surface area (Å²) in [7, 11) is 0. The first-order valence-corrected chi connectivity index (χ1v) is 6.10. The highest BCUT2D eigenvalue weighted by Gasteiger charge is 2.06. The van der Waals surface area contributed by atoms with Gasteiger partial charge in [-0.2, -0.15) is 5.10 Å². The normalized spacial score (nSPS) is 11.0. The van der Waals surface area contributed by atoms with Gasteiger partial charge in [0, 0.05) is 29.9 Å². The fourth-order valence-corrected chi connectivity index (χ4v) is 2.03. The maximum atomic E-state index is 6.09. The highest BCUT2D eigenvalue weighted by molar-refractivity contribution is 6.35. The molecule has 0 unspecified atom stereocenters. The molecule has 0 aliphatic heterocycles. The predicted molar refractivity (Wildman–Crippen MR) is 71.4 cm³/mol. The number of hydrogen-bond donors (Lipinski definition) is 0. The fourth-order valence-electron chi connectivity index (χ4n) is 1.83. The van der Waals surface area contributed by atoms with Gasteiger partial charge >= 0.3 is 0 Å². The predicted octanol–water partition coefficient (Wildman–Crippen LogP) is 3.17. The topological polar surface area (TPSA) is 43.6 Å². The first-order chi connectivity index (χ1) is 8.78. The Bertz CT molecular complexity index is 705. The number of hydrogen-bond acceptors (Lipinski definition) is 3. The van der Waals surface area contributed by atoms with Crippen molar-refractivity contribution in [2.45, 2.75) is 13.5 Å². The number of halogens is 1. The van der Waals surface area contributed by atoms with Crippen LogP contribution in [0.3, 0.4) is 0 Å². The van der Waals surface area contributed by atoms with E-state index in [-0.39, 0.29) is 0 Å². The van der Waals surface area contributed by atoms with Gasteiger partial charge in [0.2, 0.25) is 0 Å². The van der Waals surface area contributed by atoms with Crippen molar-refractivity contribution < 1.29 is 0 Å². The molecule has 0 aliphatic rings. The summed E-state index contributed by atoms with van der Waals surface area (Å²) < 4.78 is 1.87. The molecule has 0 bridgehead atoms. The molecule has 0 aliphatic carbocycles. The van der Waals surface area contributed by atoms with Crippen LogP contribution in [0.5, 0.6) is 0 Å². The second-order valence-electron chi connectivity index (χ2n) is 3.95. The van der Waals surface area contributed by atoms with Gasteiger partial charge in [0.05, 0.1) is 16.9 Å². The van der Waals surface area contributed by atoms with Crippen LogP contribution in [0.4, 0.5) is 0 Å². The molecule has 5 heteroatoms. The molecule has 3 aromatic rings. The van der Waals surface area contributed by atoms with Gasteiger partial charge in [-0.3, -0.25) is 4.68 Å². The van der Waals surface area contributed by atoms with Crippen molar-refractivity contribution in [3.8, 4) is 11.3 Å². The van der Waals surface area contributed by atoms with Crippen molar-refractivity contribution in [2.75, 3.05) is 0 Å². The molecule has 3 aromatic heterocycles. The average molecular weight is 259 g/mol. The number of pyridine rings is 2. The van der Waals surface area contributed by atoms with Crippen LogP contribution < -0.4 is 0 Å². The van der Waals surface area contributed by atoms with Crippen LogP contribution in [0, 0.1) is 0 Å². The van der Waals surface area contributed by atoms with Crippen molar-refractivity contribution in [2.24, 2.45) is 0 Å². The van der Waals surface area contributed by atoms with Crippen molar-refractivity contribution in [3.05, 3.63) is 41.8 Å². The molecule has 3 rings (SSSR count). The van der Waals surface area contributed by atoms with Crippen LogP contribution in [-0.4, -0.2) is 19.7 Å². The number of aryl methyl sites for hydroxylation is 1. The fraction of sp³-hybridized carbons (Fsp3) is 0.154. The van der Waals surface area contributed by atoms with E-state index >= 15 is 0 Å². The molecule has 4 nitrogen and oxygen atoms in total. The zero-order valence-corrected chi connectivity index (χ0v) is 10.6. The van der Waals surface area contributed by atoms with Crippen LogP contribution in [0.2, 0.25) is 5.02 Å². The third-order valence-electron chi connectivity index (χ3n) is 2.80.